The van der Waals surface area contributed by atoms with Gasteiger partial charge in [-0.3, -0.25) is 9.89 Å². The SMILES string of the molecule is CCCc1nc(C(=O)NCC(C)CN2CCCCC2)n[nH]1. The maximum absolute atomic E-state index is 12.0. The number of amides is 1. The van der Waals surface area contributed by atoms with Crippen molar-refractivity contribution in [2.45, 2.75) is 46.0 Å². The van der Waals surface area contributed by atoms with Crippen LogP contribution >= 0.6 is 0 Å². The van der Waals surface area contributed by atoms with Crippen LogP contribution in [0.15, 0.2) is 0 Å². The Bertz CT molecular complexity index is 439. The third-order valence-electron chi connectivity index (χ3n) is 3.85. The van der Waals surface area contributed by atoms with Crippen molar-refractivity contribution in [1.29, 1.82) is 0 Å². The van der Waals surface area contributed by atoms with Gasteiger partial charge in [0.15, 0.2) is 0 Å². The fraction of sp³-hybridized carbons (Fsp3) is 0.800. The molecule has 1 saturated heterocycles. The van der Waals surface area contributed by atoms with Crippen LogP contribution in [0.5, 0.6) is 0 Å². The molecule has 1 unspecified atom stereocenters. The van der Waals surface area contributed by atoms with Crippen LogP contribution in [0.3, 0.4) is 0 Å². The van der Waals surface area contributed by atoms with Crippen LogP contribution < -0.4 is 5.32 Å². The molecule has 0 bridgehead atoms. The second-order valence-corrected chi connectivity index (χ2v) is 6.03. The van der Waals surface area contributed by atoms with Gasteiger partial charge in [-0.15, -0.1) is 5.10 Å². The normalized spacial score (nSPS) is 17.6. The lowest BCUT2D eigenvalue weighted by molar-refractivity contribution is 0.0932. The van der Waals surface area contributed by atoms with Gasteiger partial charge in [0.2, 0.25) is 5.82 Å². The summed E-state index contributed by atoms with van der Waals surface area (Å²) < 4.78 is 0. The summed E-state index contributed by atoms with van der Waals surface area (Å²) >= 11 is 0. The number of rotatable bonds is 7. The summed E-state index contributed by atoms with van der Waals surface area (Å²) in [6.45, 7) is 8.36. The van der Waals surface area contributed by atoms with Gasteiger partial charge >= 0.3 is 0 Å². The van der Waals surface area contributed by atoms with Crippen molar-refractivity contribution in [3.05, 3.63) is 11.6 Å². The summed E-state index contributed by atoms with van der Waals surface area (Å²) in [5, 5.41) is 9.71. The predicted octanol–water partition coefficient (Wildman–Crippen LogP) is 1.61. The van der Waals surface area contributed by atoms with Crippen molar-refractivity contribution in [2.24, 2.45) is 5.92 Å². The quantitative estimate of drug-likeness (QED) is 0.801. The highest BCUT2D eigenvalue weighted by Gasteiger charge is 2.16. The Labute approximate surface area is 126 Å². The van der Waals surface area contributed by atoms with E-state index in [0.29, 0.717) is 12.5 Å². The molecule has 6 nitrogen and oxygen atoms in total. The molecule has 1 aliphatic rings. The highest BCUT2D eigenvalue weighted by molar-refractivity contribution is 5.90. The molecule has 0 aliphatic carbocycles. The third-order valence-corrected chi connectivity index (χ3v) is 3.85. The molecular formula is C15H27N5O. The van der Waals surface area contributed by atoms with Crippen molar-refractivity contribution in [3.8, 4) is 0 Å². The van der Waals surface area contributed by atoms with E-state index in [4.69, 9.17) is 0 Å². The first kappa shape index (κ1) is 15.9. The average molecular weight is 293 g/mol. The van der Waals surface area contributed by atoms with Gasteiger partial charge in [0.1, 0.15) is 5.82 Å². The molecule has 1 atom stereocenters. The number of likely N-dealkylation sites (tertiary alicyclic amines) is 1. The summed E-state index contributed by atoms with van der Waals surface area (Å²) in [5.41, 5.74) is 0. The third kappa shape index (κ3) is 5.12. The zero-order valence-corrected chi connectivity index (χ0v) is 13.2. The Morgan fingerprint density at radius 3 is 2.86 bits per heavy atom. The van der Waals surface area contributed by atoms with Crippen LogP contribution in [0.1, 0.15) is 56.0 Å². The Kier molecular flexibility index (Phi) is 6.17. The van der Waals surface area contributed by atoms with E-state index in [1.807, 2.05) is 0 Å². The zero-order valence-electron chi connectivity index (χ0n) is 13.2. The van der Waals surface area contributed by atoms with Gasteiger partial charge in [-0.2, -0.15) is 0 Å². The Morgan fingerprint density at radius 2 is 2.14 bits per heavy atom. The van der Waals surface area contributed by atoms with Crippen LogP contribution in [-0.2, 0) is 6.42 Å². The fourth-order valence-corrected chi connectivity index (χ4v) is 2.74. The second kappa shape index (κ2) is 8.12. The number of hydrogen-bond donors (Lipinski definition) is 2. The number of aromatic amines is 1. The summed E-state index contributed by atoms with van der Waals surface area (Å²) in [6.07, 6.45) is 5.77. The van der Waals surface area contributed by atoms with Crippen molar-refractivity contribution < 1.29 is 4.79 Å². The number of aromatic nitrogens is 3. The highest BCUT2D eigenvalue weighted by Crippen LogP contribution is 2.10. The van der Waals surface area contributed by atoms with Gasteiger partial charge in [0.25, 0.3) is 5.91 Å². The first-order valence-electron chi connectivity index (χ1n) is 8.11. The van der Waals surface area contributed by atoms with Gasteiger partial charge in [-0.25, -0.2) is 4.98 Å². The first-order chi connectivity index (χ1) is 10.2. The molecule has 2 N–H and O–H groups in total. The summed E-state index contributed by atoms with van der Waals surface area (Å²) in [5.74, 6) is 1.30. The van der Waals surface area contributed by atoms with E-state index in [0.717, 1.165) is 25.2 Å². The summed E-state index contributed by atoms with van der Waals surface area (Å²) in [4.78, 5) is 18.7. The highest BCUT2D eigenvalue weighted by atomic mass is 16.2. The molecule has 1 aliphatic heterocycles. The molecule has 0 saturated carbocycles. The van der Waals surface area contributed by atoms with E-state index in [9.17, 15) is 4.79 Å². The molecule has 118 valence electrons. The lowest BCUT2D eigenvalue weighted by Crippen LogP contribution is -2.38. The van der Waals surface area contributed by atoms with Crippen molar-refractivity contribution in [1.82, 2.24) is 25.4 Å². The first-order valence-corrected chi connectivity index (χ1v) is 8.11. The molecule has 1 fully saturated rings. The zero-order chi connectivity index (χ0) is 15.1. The van der Waals surface area contributed by atoms with E-state index in [1.54, 1.807) is 0 Å². The molecule has 0 aromatic carbocycles. The van der Waals surface area contributed by atoms with Gasteiger partial charge in [-0.05, 0) is 38.3 Å². The standard InChI is InChI=1S/C15H27N5O/c1-3-7-13-17-14(19-18-13)15(21)16-10-12(2)11-20-8-5-4-6-9-20/h12H,3-11H2,1-2H3,(H,16,21)(H,17,18,19). The summed E-state index contributed by atoms with van der Waals surface area (Å²) in [6, 6.07) is 0. The Morgan fingerprint density at radius 1 is 1.38 bits per heavy atom. The molecule has 1 aromatic heterocycles. The van der Waals surface area contributed by atoms with Crippen LogP contribution in [0, 0.1) is 5.92 Å². The maximum Gasteiger partial charge on any atom is 0.290 e. The van der Waals surface area contributed by atoms with E-state index in [2.05, 4.69) is 39.2 Å². The molecule has 2 heterocycles. The average Bonchev–Trinajstić information content (AvgIpc) is 2.95. The fourth-order valence-electron chi connectivity index (χ4n) is 2.74. The number of carbonyl (C=O) groups excluding carboxylic acids is 1. The van der Waals surface area contributed by atoms with Gasteiger partial charge in [0.05, 0.1) is 0 Å². The van der Waals surface area contributed by atoms with Crippen LogP contribution in [0.4, 0.5) is 0 Å². The van der Waals surface area contributed by atoms with Gasteiger partial charge < -0.3 is 10.2 Å². The minimum Gasteiger partial charge on any atom is -0.349 e. The largest absolute Gasteiger partial charge is 0.349 e. The molecule has 0 spiro atoms. The number of aryl methyl sites for hydroxylation is 1. The molecule has 1 aromatic rings. The Hall–Kier alpha value is -1.43. The second-order valence-electron chi connectivity index (χ2n) is 6.03. The number of piperidine rings is 1. The number of nitrogens with zero attached hydrogens (tertiary/aromatic N) is 3. The Balaban J connectivity index is 1.71. The van der Waals surface area contributed by atoms with Crippen LogP contribution in [0.25, 0.3) is 0 Å². The van der Waals surface area contributed by atoms with E-state index in [-0.39, 0.29) is 11.7 Å². The van der Waals surface area contributed by atoms with E-state index in [1.165, 1.54) is 32.4 Å². The van der Waals surface area contributed by atoms with Gasteiger partial charge in [0, 0.05) is 19.5 Å². The molecule has 21 heavy (non-hydrogen) atoms. The van der Waals surface area contributed by atoms with Gasteiger partial charge in [-0.1, -0.05) is 20.3 Å². The lowest BCUT2D eigenvalue weighted by atomic mass is 10.1. The lowest BCUT2D eigenvalue weighted by Gasteiger charge is -2.29. The van der Waals surface area contributed by atoms with Crippen molar-refractivity contribution >= 4 is 5.91 Å². The number of nitrogens with one attached hydrogen (secondary N) is 2. The number of carbonyl (C=O) groups is 1. The molecular weight excluding hydrogens is 266 g/mol. The molecule has 0 radical (unpaired) electrons. The smallest absolute Gasteiger partial charge is 0.290 e. The molecule has 1 amide bonds. The van der Waals surface area contributed by atoms with E-state index >= 15 is 0 Å². The maximum atomic E-state index is 12.0. The monoisotopic (exact) mass is 293 g/mol. The van der Waals surface area contributed by atoms with Crippen molar-refractivity contribution in [2.75, 3.05) is 26.2 Å². The molecule has 2 rings (SSSR count). The van der Waals surface area contributed by atoms with Crippen molar-refractivity contribution in [3.63, 3.8) is 0 Å². The number of H-pyrrole nitrogens is 1. The summed E-state index contributed by atoms with van der Waals surface area (Å²) in [7, 11) is 0. The van der Waals surface area contributed by atoms with Crippen LogP contribution in [0.2, 0.25) is 0 Å². The molecule has 6 heteroatoms. The van der Waals surface area contributed by atoms with Crippen LogP contribution in [-0.4, -0.2) is 52.2 Å². The van der Waals surface area contributed by atoms with E-state index < -0.39 is 0 Å². The topological polar surface area (TPSA) is 73.9 Å². The minimum atomic E-state index is -0.181. The predicted molar refractivity (Wildman–Crippen MR) is 82.2 cm³/mol. The minimum absolute atomic E-state index is 0.181. The number of hydrogen-bond acceptors (Lipinski definition) is 4.